The molecule has 2 heterocycles. The van der Waals surface area contributed by atoms with Gasteiger partial charge in [-0.1, -0.05) is 37.3 Å². The molecule has 0 bridgehead atoms. The molecule has 0 aliphatic heterocycles. The van der Waals surface area contributed by atoms with Crippen LogP contribution in [0.2, 0.25) is 0 Å². The summed E-state index contributed by atoms with van der Waals surface area (Å²) in [5.74, 6) is 2.01. The van der Waals surface area contributed by atoms with Crippen molar-refractivity contribution in [1.29, 1.82) is 0 Å². The second-order valence-electron chi connectivity index (χ2n) is 8.56. The Morgan fingerprint density at radius 3 is 2.68 bits per heavy atom. The van der Waals surface area contributed by atoms with Crippen LogP contribution in [0, 0.1) is 0 Å². The van der Waals surface area contributed by atoms with Gasteiger partial charge in [0.2, 0.25) is 5.82 Å². The Labute approximate surface area is 222 Å². The lowest BCUT2D eigenvalue weighted by atomic mass is 10.2. The average molecular weight is 560 g/mol. The average Bonchev–Trinajstić information content (AvgIpc) is 3.34. The Morgan fingerprint density at radius 1 is 1.11 bits per heavy atom. The van der Waals surface area contributed by atoms with E-state index in [1.54, 1.807) is 18.3 Å². The first-order valence-corrected chi connectivity index (χ1v) is 13.0. The maximum atomic E-state index is 13.5. The predicted octanol–water partition coefficient (Wildman–Crippen LogP) is 7.03. The third-order valence-corrected chi connectivity index (χ3v) is 6.54. The minimum absolute atomic E-state index is 0.0311. The molecule has 0 saturated heterocycles. The van der Waals surface area contributed by atoms with Crippen molar-refractivity contribution in [3.63, 3.8) is 0 Å². The van der Waals surface area contributed by atoms with Crippen LogP contribution in [0.5, 0.6) is 11.5 Å². The molecule has 0 N–H and O–H groups in total. The summed E-state index contributed by atoms with van der Waals surface area (Å²) in [7, 11) is 0. The number of halogens is 1. The molecule has 0 amide bonds. The van der Waals surface area contributed by atoms with E-state index in [-0.39, 0.29) is 11.7 Å². The highest BCUT2D eigenvalue weighted by atomic mass is 79.9. The van der Waals surface area contributed by atoms with Gasteiger partial charge in [-0.2, -0.15) is 9.78 Å². The lowest BCUT2D eigenvalue weighted by molar-refractivity contribution is 0.202. The zero-order valence-electron chi connectivity index (χ0n) is 20.8. The lowest BCUT2D eigenvalue weighted by Crippen LogP contribution is -2.20. The summed E-state index contributed by atoms with van der Waals surface area (Å²) in [5.41, 5.74) is 1.71. The van der Waals surface area contributed by atoms with Crippen LogP contribution in [0.3, 0.4) is 0 Å². The van der Waals surface area contributed by atoms with Crippen LogP contribution in [-0.2, 0) is 0 Å². The summed E-state index contributed by atoms with van der Waals surface area (Å²) in [6.07, 6.45) is 2.50. The molecule has 0 spiro atoms. The van der Waals surface area contributed by atoms with Crippen molar-refractivity contribution in [2.24, 2.45) is 5.10 Å². The van der Waals surface area contributed by atoms with Crippen LogP contribution in [0.1, 0.15) is 32.8 Å². The first-order chi connectivity index (χ1) is 18.0. The molecule has 0 fully saturated rings. The van der Waals surface area contributed by atoms with Crippen molar-refractivity contribution in [1.82, 2.24) is 9.66 Å². The van der Waals surface area contributed by atoms with Crippen molar-refractivity contribution < 1.29 is 13.9 Å². The number of para-hydroxylation sites is 2. The number of nitrogens with zero attached hydrogens (tertiary/aromatic N) is 3. The van der Waals surface area contributed by atoms with Gasteiger partial charge in [-0.05, 0) is 78.2 Å². The lowest BCUT2D eigenvalue weighted by Gasteiger charge is -2.18. The zero-order valence-corrected chi connectivity index (χ0v) is 22.4. The van der Waals surface area contributed by atoms with Gasteiger partial charge in [0.1, 0.15) is 5.58 Å². The van der Waals surface area contributed by atoms with Crippen molar-refractivity contribution in [3.8, 4) is 23.1 Å². The van der Waals surface area contributed by atoms with E-state index in [2.05, 4.69) is 28.0 Å². The van der Waals surface area contributed by atoms with E-state index in [1.165, 1.54) is 4.68 Å². The van der Waals surface area contributed by atoms with Crippen LogP contribution in [0.25, 0.3) is 33.5 Å². The maximum absolute atomic E-state index is 13.5. The largest absolute Gasteiger partial charge is 0.490 e. The third kappa shape index (κ3) is 5.02. The number of rotatable bonds is 8. The normalized spacial score (nSPS) is 12.4. The Balaban J connectivity index is 1.63. The molecule has 0 aliphatic rings. The molecule has 188 valence electrons. The van der Waals surface area contributed by atoms with Gasteiger partial charge in [-0.25, -0.2) is 4.98 Å². The highest BCUT2D eigenvalue weighted by Gasteiger charge is 2.17. The molecule has 7 nitrogen and oxygen atoms in total. The number of fused-ring (bicyclic) bond motifs is 2. The first-order valence-electron chi connectivity index (χ1n) is 12.2. The summed E-state index contributed by atoms with van der Waals surface area (Å²) in [5, 5.41) is 5.94. The number of benzene rings is 3. The van der Waals surface area contributed by atoms with E-state index in [0.29, 0.717) is 46.2 Å². The number of aromatic nitrogens is 2. The van der Waals surface area contributed by atoms with Crippen molar-refractivity contribution >= 4 is 44.0 Å². The topological polar surface area (TPSA) is 78.9 Å². The van der Waals surface area contributed by atoms with E-state index in [9.17, 15) is 4.79 Å². The van der Waals surface area contributed by atoms with Crippen LogP contribution >= 0.6 is 15.9 Å². The quantitative estimate of drug-likeness (QED) is 0.191. The smallest absolute Gasteiger partial charge is 0.282 e. The number of furan rings is 1. The van der Waals surface area contributed by atoms with Gasteiger partial charge in [0.25, 0.3) is 5.56 Å². The summed E-state index contributed by atoms with van der Waals surface area (Å²) < 4.78 is 20.0. The monoisotopic (exact) mass is 559 g/mol. The predicted molar refractivity (Wildman–Crippen MR) is 150 cm³/mol. The number of hydrogen-bond donors (Lipinski definition) is 0. The molecule has 37 heavy (non-hydrogen) atoms. The summed E-state index contributed by atoms with van der Waals surface area (Å²) in [6.45, 7) is 6.47. The first kappa shape index (κ1) is 24.8. The number of ether oxygens (including phenoxy) is 2. The van der Waals surface area contributed by atoms with Gasteiger partial charge < -0.3 is 13.9 Å². The van der Waals surface area contributed by atoms with E-state index in [0.717, 1.165) is 21.8 Å². The minimum Gasteiger partial charge on any atom is -0.490 e. The van der Waals surface area contributed by atoms with Crippen molar-refractivity contribution in [3.05, 3.63) is 87.1 Å². The van der Waals surface area contributed by atoms with Crippen LogP contribution in [0.15, 0.2) is 85.5 Å². The summed E-state index contributed by atoms with van der Waals surface area (Å²) >= 11 is 3.61. The van der Waals surface area contributed by atoms with Gasteiger partial charge in [-0.3, -0.25) is 4.79 Å². The van der Waals surface area contributed by atoms with Gasteiger partial charge in [0.15, 0.2) is 17.3 Å². The summed E-state index contributed by atoms with van der Waals surface area (Å²) in [6, 6.07) is 20.4. The maximum Gasteiger partial charge on any atom is 0.282 e. The summed E-state index contributed by atoms with van der Waals surface area (Å²) in [4.78, 5) is 18.3. The molecule has 3 aromatic carbocycles. The molecular weight excluding hydrogens is 534 g/mol. The number of hydrogen-bond acceptors (Lipinski definition) is 6. The van der Waals surface area contributed by atoms with Gasteiger partial charge in [-0.15, -0.1) is 0 Å². The van der Waals surface area contributed by atoms with E-state index < -0.39 is 0 Å². The van der Waals surface area contributed by atoms with E-state index >= 15 is 0 Å². The fraction of sp³-hybridized carbons (Fsp3) is 0.207. The molecule has 0 radical (unpaired) electrons. The standard InChI is InChI=1S/C29H26BrN3O4/c1-4-18(3)36-27-22(30)14-19(15-25(27)35-5-2)17-31-33-28(26-16-20-10-6-9-13-24(20)37-26)32-23-12-8-7-11-21(23)29(33)34/h6-18H,4-5H2,1-3H3/t18-/m1/s1. The van der Waals surface area contributed by atoms with Crippen LogP contribution in [0.4, 0.5) is 0 Å². The molecule has 8 heteroatoms. The van der Waals surface area contributed by atoms with Gasteiger partial charge in [0, 0.05) is 5.39 Å². The highest BCUT2D eigenvalue weighted by Crippen LogP contribution is 2.37. The molecule has 0 unspecified atom stereocenters. The molecular formula is C29H26BrN3O4. The second-order valence-corrected chi connectivity index (χ2v) is 9.42. The van der Waals surface area contributed by atoms with E-state index in [1.807, 2.05) is 68.4 Å². The fourth-order valence-electron chi connectivity index (χ4n) is 3.93. The van der Waals surface area contributed by atoms with E-state index in [4.69, 9.17) is 18.9 Å². The Bertz CT molecular complexity index is 1640. The molecule has 0 saturated carbocycles. The molecule has 1 atom stereocenters. The molecule has 0 aliphatic carbocycles. The minimum atomic E-state index is -0.293. The van der Waals surface area contributed by atoms with Gasteiger partial charge in [0.05, 0.1) is 34.3 Å². The third-order valence-electron chi connectivity index (χ3n) is 5.95. The van der Waals surface area contributed by atoms with Crippen molar-refractivity contribution in [2.75, 3.05) is 6.61 Å². The molecule has 2 aromatic heterocycles. The zero-order chi connectivity index (χ0) is 25.9. The fourth-order valence-corrected chi connectivity index (χ4v) is 4.48. The van der Waals surface area contributed by atoms with Crippen molar-refractivity contribution in [2.45, 2.75) is 33.3 Å². The molecule has 5 aromatic rings. The Hall–Kier alpha value is -3.91. The molecule has 5 rings (SSSR count). The van der Waals surface area contributed by atoms with Crippen LogP contribution < -0.4 is 15.0 Å². The van der Waals surface area contributed by atoms with Crippen LogP contribution in [-0.4, -0.2) is 28.6 Å². The second kappa shape index (κ2) is 10.6. The SMILES string of the molecule is CCOc1cc(C=Nn2c(-c3cc4ccccc4o3)nc3ccccc3c2=O)cc(Br)c1O[C@H](C)CC. The Morgan fingerprint density at radius 2 is 1.89 bits per heavy atom. The Kier molecular flexibility index (Phi) is 7.10. The highest BCUT2D eigenvalue weighted by molar-refractivity contribution is 9.10. The van der Waals surface area contributed by atoms with Gasteiger partial charge >= 0.3 is 0 Å².